The lowest BCUT2D eigenvalue weighted by Gasteiger charge is -2.52. The SMILES string of the molecule is Cc1nn(CC23CCC(N)(CC2)CC3)c2c1CN(c1nc(Cl)nc3cnn(C)c13)CC2. The summed E-state index contributed by atoms with van der Waals surface area (Å²) >= 11 is 6.23. The lowest BCUT2D eigenvalue weighted by atomic mass is 9.57. The summed E-state index contributed by atoms with van der Waals surface area (Å²) in [4.78, 5) is 11.2. The summed E-state index contributed by atoms with van der Waals surface area (Å²) in [6.45, 7) is 4.83. The fourth-order valence-electron chi connectivity index (χ4n) is 6.07. The van der Waals surface area contributed by atoms with Crippen molar-refractivity contribution in [3.63, 3.8) is 0 Å². The third-order valence-electron chi connectivity index (χ3n) is 8.12. The number of anilines is 1. The molecule has 1 aliphatic heterocycles. The van der Waals surface area contributed by atoms with Crippen molar-refractivity contribution >= 4 is 28.5 Å². The fourth-order valence-corrected chi connectivity index (χ4v) is 6.24. The highest BCUT2D eigenvalue weighted by Gasteiger charge is 2.47. The molecule has 31 heavy (non-hydrogen) atoms. The Balaban J connectivity index is 1.31. The van der Waals surface area contributed by atoms with Gasteiger partial charge in [0, 0.05) is 49.9 Å². The zero-order valence-electron chi connectivity index (χ0n) is 18.2. The first kappa shape index (κ1) is 19.5. The van der Waals surface area contributed by atoms with Crippen molar-refractivity contribution in [3.05, 3.63) is 28.4 Å². The maximum Gasteiger partial charge on any atom is 0.225 e. The Bertz CT molecular complexity index is 1150. The minimum Gasteiger partial charge on any atom is -0.350 e. The van der Waals surface area contributed by atoms with Crippen LogP contribution in [0.25, 0.3) is 11.0 Å². The summed E-state index contributed by atoms with van der Waals surface area (Å²) in [6, 6.07) is 0. The Morgan fingerprint density at radius 1 is 1.13 bits per heavy atom. The monoisotopic (exact) mass is 440 g/mol. The van der Waals surface area contributed by atoms with E-state index in [1.807, 2.05) is 11.7 Å². The van der Waals surface area contributed by atoms with Gasteiger partial charge in [0.15, 0.2) is 5.82 Å². The first-order valence-corrected chi connectivity index (χ1v) is 11.7. The third kappa shape index (κ3) is 3.06. The molecule has 0 radical (unpaired) electrons. The van der Waals surface area contributed by atoms with Gasteiger partial charge in [-0.05, 0) is 62.5 Å². The van der Waals surface area contributed by atoms with E-state index in [9.17, 15) is 0 Å². The second-order valence-electron chi connectivity index (χ2n) is 10.0. The largest absolute Gasteiger partial charge is 0.350 e. The van der Waals surface area contributed by atoms with E-state index in [0.717, 1.165) is 48.6 Å². The Kier molecular flexibility index (Phi) is 4.18. The van der Waals surface area contributed by atoms with Gasteiger partial charge in [0.25, 0.3) is 0 Å². The summed E-state index contributed by atoms with van der Waals surface area (Å²) in [5.41, 5.74) is 12.6. The number of hydrogen-bond donors (Lipinski definition) is 1. The van der Waals surface area contributed by atoms with Crippen LogP contribution < -0.4 is 10.6 Å². The first-order chi connectivity index (χ1) is 14.8. The molecule has 3 fully saturated rings. The Hall–Kier alpha value is -2.19. The van der Waals surface area contributed by atoms with Gasteiger partial charge in [0.2, 0.25) is 5.28 Å². The lowest BCUT2D eigenvalue weighted by molar-refractivity contribution is 0.0263. The zero-order valence-corrected chi connectivity index (χ0v) is 19.0. The van der Waals surface area contributed by atoms with E-state index >= 15 is 0 Å². The van der Waals surface area contributed by atoms with Gasteiger partial charge in [0.05, 0.1) is 11.9 Å². The number of hydrogen-bond acceptors (Lipinski definition) is 6. The number of fused-ring (bicyclic) bond motifs is 5. The van der Waals surface area contributed by atoms with E-state index in [0.29, 0.717) is 5.41 Å². The van der Waals surface area contributed by atoms with E-state index < -0.39 is 0 Å². The molecule has 0 amide bonds. The van der Waals surface area contributed by atoms with Gasteiger partial charge in [-0.2, -0.15) is 15.2 Å². The minimum atomic E-state index is 0.109. The van der Waals surface area contributed by atoms with Gasteiger partial charge < -0.3 is 10.6 Å². The van der Waals surface area contributed by atoms with Crippen LogP contribution in [0.4, 0.5) is 5.82 Å². The second-order valence-corrected chi connectivity index (χ2v) is 10.4. The zero-order chi connectivity index (χ0) is 21.4. The normalized spacial score (nSPS) is 27.8. The second kappa shape index (κ2) is 6.65. The summed E-state index contributed by atoms with van der Waals surface area (Å²) < 4.78 is 4.15. The molecule has 0 spiro atoms. The molecule has 0 aromatic carbocycles. The predicted octanol–water partition coefficient (Wildman–Crippen LogP) is 3.14. The molecule has 2 N–H and O–H groups in total. The smallest absolute Gasteiger partial charge is 0.225 e. The van der Waals surface area contributed by atoms with Crippen molar-refractivity contribution in [2.75, 3.05) is 11.4 Å². The number of aromatic nitrogens is 6. The predicted molar refractivity (Wildman–Crippen MR) is 120 cm³/mol. The van der Waals surface area contributed by atoms with Gasteiger partial charge in [-0.15, -0.1) is 0 Å². The number of nitrogens with two attached hydrogens (primary N) is 1. The molecule has 8 nitrogen and oxygen atoms in total. The lowest BCUT2D eigenvalue weighted by Crippen LogP contribution is -2.53. The van der Waals surface area contributed by atoms with Crippen LogP contribution in [0.15, 0.2) is 6.20 Å². The van der Waals surface area contributed by atoms with Crippen molar-refractivity contribution in [1.82, 2.24) is 29.5 Å². The molecule has 3 aromatic heterocycles. The fraction of sp³-hybridized carbons (Fsp3) is 0.636. The topological polar surface area (TPSA) is 90.7 Å². The maximum absolute atomic E-state index is 6.53. The molecule has 3 aromatic rings. The average Bonchev–Trinajstić information content (AvgIpc) is 3.28. The van der Waals surface area contributed by atoms with Gasteiger partial charge in [0.1, 0.15) is 11.0 Å². The quantitative estimate of drug-likeness (QED) is 0.629. The van der Waals surface area contributed by atoms with Gasteiger partial charge in [-0.3, -0.25) is 9.36 Å². The van der Waals surface area contributed by atoms with Crippen LogP contribution in [-0.4, -0.2) is 41.6 Å². The highest BCUT2D eigenvalue weighted by molar-refractivity contribution is 6.28. The van der Waals surface area contributed by atoms with Crippen LogP contribution in [0.1, 0.15) is 55.5 Å². The molecule has 3 aliphatic carbocycles. The van der Waals surface area contributed by atoms with Crippen molar-refractivity contribution in [3.8, 4) is 0 Å². The highest BCUT2D eigenvalue weighted by atomic mass is 35.5. The van der Waals surface area contributed by atoms with Crippen LogP contribution in [0, 0.1) is 12.3 Å². The Morgan fingerprint density at radius 3 is 2.61 bits per heavy atom. The molecular weight excluding hydrogens is 412 g/mol. The number of rotatable bonds is 3. The molecule has 2 bridgehead atoms. The molecular formula is C22H29ClN8. The van der Waals surface area contributed by atoms with Crippen LogP contribution in [-0.2, 0) is 26.6 Å². The van der Waals surface area contributed by atoms with E-state index in [2.05, 4.69) is 31.6 Å². The van der Waals surface area contributed by atoms with Gasteiger partial charge in [-0.1, -0.05) is 0 Å². The van der Waals surface area contributed by atoms with Crippen molar-refractivity contribution in [2.24, 2.45) is 18.2 Å². The van der Waals surface area contributed by atoms with E-state index in [1.165, 1.54) is 49.8 Å². The van der Waals surface area contributed by atoms with Crippen LogP contribution in [0.2, 0.25) is 5.28 Å². The minimum absolute atomic E-state index is 0.109. The number of aryl methyl sites for hydroxylation is 2. The summed E-state index contributed by atoms with van der Waals surface area (Å²) in [5, 5.41) is 9.63. The van der Waals surface area contributed by atoms with Crippen molar-refractivity contribution < 1.29 is 0 Å². The van der Waals surface area contributed by atoms with Crippen LogP contribution >= 0.6 is 11.6 Å². The molecule has 164 valence electrons. The first-order valence-electron chi connectivity index (χ1n) is 11.3. The van der Waals surface area contributed by atoms with E-state index in [4.69, 9.17) is 22.4 Å². The molecule has 0 unspecified atom stereocenters. The molecule has 7 rings (SSSR count). The Labute approximate surface area is 186 Å². The number of nitrogens with zero attached hydrogens (tertiary/aromatic N) is 7. The molecule has 0 atom stereocenters. The van der Waals surface area contributed by atoms with Gasteiger partial charge in [-0.25, -0.2) is 4.98 Å². The summed E-state index contributed by atoms with van der Waals surface area (Å²) in [5.74, 6) is 0.852. The molecule has 3 saturated carbocycles. The third-order valence-corrected chi connectivity index (χ3v) is 8.29. The average molecular weight is 441 g/mol. The van der Waals surface area contributed by atoms with Crippen molar-refractivity contribution in [1.29, 1.82) is 0 Å². The standard InChI is InChI=1S/C22H29ClN8/c1-14-15-12-30(19-18-16(11-25-29(18)2)26-20(23)27-19)10-3-17(15)31(28-14)13-21-4-7-22(24,8-5-21)9-6-21/h11H,3-10,12-13,24H2,1-2H3. The molecule has 0 saturated heterocycles. The number of halogens is 1. The van der Waals surface area contributed by atoms with Crippen LogP contribution in [0.5, 0.6) is 0 Å². The van der Waals surface area contributed by atoms with E-state index in [1.54, 1.807) is 6.20 Å². The van der Waals surface area contributed by atoms with E-state index in [-0.39, 0.29) is 10.8 Å². The molecule has 4 heterocycles. The molecule has 9 heteroatoms. The Morgan fingerprint density at radius 2 is 1.87 bits per heavy atom. The van der Waals surface area contributed by atoms with Gasteiger partial charge >= 0.3 is 0 Å². The molecule has 4 aliphatic rings. The summed E-state index contributed by atoms with van der Waals surface area (Å²) in [7, 11) is 1.92. The van der Waals surface area contributed by atoms with Crippen LogP contribution in [0.3, 0.4) is 0 Å². The summed E-state index contributed by atoms with van der Waals surface area (Å²) in [6.07, 6.45) is 9.90. The highest BCUT2D eigenvalue weighted by Crippen LogP contribution is 2.52. The maximum atomic E-state index is 6.53. The van der Waals surface area contributed by atoms with Crippen molar-refractivity contribution in [2.45, 2.75) is 70.5 Å².